The molecule has 2 heterocycles. The van der Waals surface area contributed by atoms with Gasteiger partial charge < -0.3 is 19.8 Å². The van der Waals surface area contributed by atoms with Gasteiger partial charge in [0.15, 0.2) is 6.61 Å². The summed E-state index contributed by atoms with van der Waals surface area (Å²) in [6.45, 7) is 1.51. The van der Waals surface area contributed by atoms with Gasteiger partial charge in [0.1, 0.15) is 10.8 Å². The van der Waals surface area contributed by atoms with Crippen LogP contribution in [0.4, 0.5) is 5.00 Å². The molecule has 0 unspecified atom stereocenters. The number of amides is 1. The second kappa shape index (κ2) is 10.3. The fourth-order valence-corrected chi connectivity index (χ4v) is 5.69. The zero-order chi connectivity index (χ0) is 25.1. The highest BCUT2D eigenvalue weighted by Crippen LogP contribution is 2.38. The molecule has 2 aromatic carbocycles. The first-order chi connectivity index (χ1) is 17.5. The van der Waals surface area contributed by atoms with Crippen molar-refractivity contribution in [1.82, 2.24) is 9.97 Å². The number of carbonyl (C=O) groups excluding carboxylic acids is 3. The molecule has 0 spiro atoms. The number of aromatic amines is 1. The number of carbonyl (C=O) groups is 3. The van der Waals surface area contributed by atoms with Gasteiger partial charge in [0.25, 0.3) is 5.91 Å². The molecule has 0 atom stereocenters. The van der Waals surface area contributed by atoms with E-state index in [9.17, 15) is 14.4 Å². The molecule has 0 saturated heterocycles. The van der Waals surface area contributed by atoms with E-state index in [0.717, 1.165) is 47.2 Å². The van der Waals surface area contributed by atoms with Crippen LogP contribution in [0.15, 0.2) is 48.5 Å². The van der Waals surface area contributed by atoms with Gasteiger partial charge in [0, 0.05) is 10.4 Å². The number of hydrogen-bond acceptors (Lipinski definition) is 7. The summed E-state index contributed by atoms with van der Waals surface area (Å²) < 4.78 is 10.6. The summed E-state index contributed by atoms with van der Waals surface area (Å²) in [6, 6.07) is 14.5. The largest absolute Gasteiger partial charge is 0.462 e. The molecule has 0 fully saturated rings. The Bertz CT molecular complexity index is 1420. The number of imidazole rings is 1. The number of esters is 2. The smallest absolute Gasteiger partial charge is 0.341 e. The molecule has 1 amide bonds. The maximum Gasteiger partial charge on any atom is 0.341 e. The molecule has 8 nitrogen and oxygen atoms in total. The minimum Gasteiger partial charge on any atom is -0.462 e. The normalized spacial score (nSPS) is 12.7. The van der Waals surface area contributed by atoms with E-state index in [1.807, 2.05) is 30.3 Å². The molecule has 4 aromatic rings. The van der Waals surface area contributed by atoms with Crippen molar-refractivity contribution in [1.29, 1.82) is 0 Å². The maximum absolute atomic E-state index is 12.9. The van der Waals surface area contributed by atoms with E-state index in [1.54, 1.807) is 25.1 Å². The number of H-pyrrole nitrogens is 1. The molecule has 5 rings (SSSR count). The molecule has 0 bridgehead atoms. The maximum atomic E-state index is 12.9. The highest BCUT2D eigenvalue weighted by Gasteiger charge is 2.27. The van der Waals surface area contributed by atoms with Gasteiger partial charge in [-0.2, -0.15) is 0 Å². The van der Waals surface area contributed by atoms with Gasteiger partial charge in [0.05, 0.1) is 28.8 Å². The third kappa shape index (κ3) is 4.74. The second-order valence-electron chi connectivity index (χ2n) is 8.41. The van der Waals surface area contributed by atoms with E-state index in [0.29, 0.717) is 27.5 Å². The monoisotopic (exact) mass is 503 g/mol. The minimum atomic E-state index is -0.641. The number of para-hydroxylation sites is 2. The van der Waals surface area contributed by atoms with Crippen molar-refractivity contribution in [2.45, 2.75) is 32.6 Å². The Labute approximate surface area is 211 Å². The van der Waals surface area contributed by atoms with Crippen LogP contribution in [0.1, 0.15) is 50.9 Å². The van der Waals surface area contributed by atoms with E-state index in [-0.39, 0.29) is 6.61 Å². The van der Waals surface area contributed by atoms with E-state index in [2.05, 4.69) is 15.3 Å². The molecule has 9 heteroatoms. The minimum absolute atomic E-state index is 0.249. The number of aryl methyl sites for hydroxylation is 1. The first-order valence-electron chi connectivity index (χ1n) is 11.9. The first-order valence-corrected chi connectivity index (χ1v) is 12.7. The third-order valence-corrected chi connectivity index (χ3v) is 7.24. The van der Waals surface area contributed by atoms with E-state index in [4.69, 9.17) is 9.47 Å². The standard InChI is InChI=1S/C27H25N3O5S/c1-2-34-27(33)23-18-11-5-8-14-21(18)36-25(23)30-22(31)15-35-26(32)17-10-4-3-9-16(17)24-28-19-12-6-7-13-20(19)29-24/h3-4,6-7,9-10,12-13H,2,5,8,11,14-15H2,1H3,(H,28,29)(H,30,31). The Morgan fingerprint density at radius 3 is 2.61 bits per heavy atom. The molecule has 1 aliphatic rings. The summed E-state index contributed by atoms with van der Waals surface area (Å²) in [5, 5.41) is 3.21. The average molecular weight is 504 g/mol. The van der Waals surface area contributed by atoms with Crippen molar-refractivity contribution in [2.75, 3.05) is 18.5 Å². The second-order valence-corrected chi connectivity index (χ2v) is 9.51. The molecular formula is C27H25N3O5S. The molecule has 184 valence electrons. The number of rotatable bonds is 7. The number of nitrogens with zero attached hydrogens (tertiary/aromatic N) is 1. The summed E-state index contributed by atoms with van der Waals surface area (Å²) in [7, 11) is 0. The fourth-order valence-electron chi connectivity index (χ4n) is 4.39. The molecule has 36 heavy (non-hydrogen) atoms. The van der Waals surface area contributed by atoms with Gasteiger partial charge in [-0.15, -0.1) is 11.3 Å². The number of ether oxygens (including phenoxy) is 2. The number of aromatic nitrogens is 2. The van der Waals surface area contributed by atoms with Crippen molar-refractivity contribution in [3.05, 3.63) is 70.1 Å². The number of anilines is 1. The third-order valence-electron chi connectivity index (χ3n) is 6.03. The Balaban J connectivity index is 1.30. The van der Waals surface area contributed by atoms with Gasteiger partial charge in [0.2, 0.25) is 0 Å². The van der Waals surface area contributed by atoms with Crippen LogP contribution in [0.3, 0.4) is 0 Å². The van der Waals surface area contributed by atoms with Crippen LogP contribution in [0.2, 0.25) is 0 Å². The predicted molar refractivity (Wildman–Crippen MR) is 137 cm³/mol. The lowest BCUT2D eigenvalue weighted by Crippen LogP contribution is -2.22. The Morgan fingerprint density at radius 1 is 1.00 bits per heavy atom. The van der Waals surface area contributed by atoms with Crippen LogP contribution in [0.5, 0.6) is 0 Å². The van der Waals surface area contributed by atoms with E-state index in [1.165, 1.54) is 11.3 Å². The van der Waals surface area contributed by atoms with E-state index < -0.39 is 24.5 Å². The summed E-state index contributed by atoms with van der Waals surface area (Å²) in [4.78, 5) is 47.1. The number of hydrogen-bond donors (Lipinski definition) is 2. The van der Waals surface area contributed by atoms with Crippen molar-refractivity contribution in [2.24, 2.45) is 0 Å². The summed E-state index contributed by atoms with van der Waals surface area (Å²) in [6.07, 6.45) is 3.69. The molecule has 0 saturated carbocycles. The van der Waals surface area contributed by atoms with Crippen LogP contribution >= 0.6 is 11.3 Å². The molecule has 2 N–H and O–H groups in total. The lowest BCUT2D eigenvalue weighted by atomic mass is 9.95. The summed E-state index contributed by atoms with van der Waals surface area (Å²) >= 11 is 1.39. The zero-order valence-electron chi connectivity index (χ0n) is 19.8. The molecule has 0 radical (unpaired) electrons. The molecule has 1 aliphatic carbocycles. The van der Waals surface area contributed by atoms with E-state index >= 15 is 0 Å². The quantitative estimate of drug-likeness (QED) is 0.338. The Morgan fingerprint density at radius 2 is 1.78 bits per heavy atom. The topological polar surface area (TPSA) is 110 Å². The molecule has 2 aromatic heterocycles. The van der Waals surface area contributed by atoms with Crippen LogP contribution in [-0.2, 0) is 27.1 Å². The van der Waals surface area contributed by atoms with Crippen molar-refractivity contribution < 1.29 is 23.9 Å². The van der Waals surface area contributed by atoms with Crippen LogP contribution in [0, 0.1) is 0 Å². The lowest BCUT2D eigenvalue weighted by Gasteiger charge is -2.12. The summed E-state index contributed by atoms with van der Waals surface area (Å²) in [5.41, 5.74) is 3.89. The van der Waals surface area contributed by atoms with Crippen molar-refractivity contribution in [3.63, 3.8) is 0 Å². The van der Waals surface area contributed by atoms with Crippen molar-refractivity contribution >= 4 is 45.2 Å². The number of thiophene rings is 1. The Kier molecular flexibility index (Phi) is 6.81. The van der Waals surface area contributed by atoms with Gasteiger partial charge in [-0.1, -0.05) is 30.3 Å². The van der Waals surface area contributed by atoms with Crippen LogP contribution in [-0.4, -0.2) is 41.0 Å². The van der Waals surface area contributed by atoms with Crippen LogP contribution in [0.25, 0.3) is 22.4 Å². The van der Waals surface area contributed by atoms with Gasteiger partial charge in [-0.25, -0.2) is 14.6 Å². The molecule has 0 aliphatic heterocycles. The highest BCUT2D eigenvalue weighted by molar-refractivity contribution is 7.17. The summed E-state index contributed by atoms with van der Waals surface area (Å²) in [5.74, 6) is -1.06. The van der Waals surface area contributed by atoms with Gasteiger partial charge >= 0.3 is 11.9 Å². The van der Waals surface area contributed by atoms with Gasteiger partial charge in [-0.3, -0.25) is 4.79 Å². The first kappa shape index (κ1) is 23.7. The predicted octanol–water partition coefficient (Wildman–Crippen LogP) is 5.14. The van der Waals surface area contributed by atoms with Crippen molar-refractivity contribution in [3.8, 4) is 11.4 Å². The number of fused-ring (bicyclic) bond motifs is 2. The number of nitrogens with one attached hydrogen (secondary N) is 2. The SMILES string of the molecule is CCOC(=O)c1c(NC(=O)COC(=O)c2ccccc2-c2nc3ccccc3[nH]2)sc2c1CCCC2. The highest BCUT2D eigenvalue weighted by atomic mass is 32.1. The lowest BCUT2D eigenvalue weighted by molar-refractivity contribution is -0.119. The number of benzene rings is 2. The zero-order valence-corrected chi connectivity index (χ0v) is 20.6. The fraction of sp³-hybridized carbons (Fsp3) is 0.259. The average Bonchev–Trinajstić information content (AvgIpc) is 3.48. The van der Waals surface area contributed by atoms with Crippen LogP contribution < -0.4 is 5.32 Å². The Hall–Kier alpha value is -3.98. The molecular weight excluding hydrogens is 478 g/mol. The van der Waals surface area contributed by atoms with Gasteiger partial charge in [-0.05, 0) is 56.4 Å².